The maximum absolute atomic E-state index is 11.6. The van der Waals surface area contributed by atoms with Crippen LogP contribution in [0.1, 0.15) is 10.4 Å². The van der Waals surface area contributed by atoms with Gasteiger partial charge in [-0.15, -0.1) is 0 Å². The summed E-state index contributed by atoms with van der Waals surface area (Å²) in [4.78, 5) is 22.5. The second-order valence-electron chi connectivity index (χ2n) is 3.59. The maximum atomic E-state index is 11.6. The van der Waals surface area contributed by atoms with E-state index in [2.05, 4.69) is 5.32 Å². The minimum absolute atomic E-state index is 0.0480. The Balaban J connectivity index is 2.92. The third-order valence-corrected chi connectivity index (χ3v) is 3.06. The average Bonchev–Trinajstić information content (AvgIpc) is 2.29. The molecule has 5 nitrogen and oxygen atoms in total. The number of benzene rings is 1. The highest BCUT2D eigenvalue weighted by Crippen LogP contribution is 2.31. The van der Waals surface area contributed by atoms with Gasteiger partial charge in [0.1, 0.15) is 0 Å². The molecule has 0 unspecified atom stereocenters. The van der Waals surface area contributed by atoms with Crippen molar-refractivity contribution >= 4 is 64.0 Å². The van der Waals surface area contributed by atoms with Crippen LogP contribution >= 0.6 is 46.4 Å². The molecule has 0 heterocycles. The van der Waals surface area contributed by atoms with Gasteiger partial charge in [-0.2, -0.15) is 0 Å². The number of hydrogen-bond acceptors (Lipinski definition) is 3. The van der Waals surface area contributed by atoms with E-state index in [4.69, 9.17) is 57.2 Å². The smallest absolute Gasteiger partial charge is 0.337 e. The number of carbonyl (C=O) groups is 2. The van der Waals surface area contributed by atoms with Crippen LogP contribution in [-0.4, -0.2) is 20.8 Å². The molecule has 0 radical (unpaired) electrons. The van der Waals surface area contributed by atoms with Crippen LogP contribution in [0.3, 0.4) is 0 Å². The Morgan fingerprint density at radius 2 is 1.90 bits per heavy atom. The molecule has 1 aromatic rings. The van der Waals surface area contributed by atoms with Crippen LogP contribution in [0, 0.1) is 0 Å². The van der Waals surface area contributed by atoms with Crippen molar-refractivity contribution in [1.82, 2.24) is 0 Å². The molecule has 4 N–H and O–H groups in total. The number of allylic oxidation sites excluding steroid dienone is 1. The second-order valence-corrected chi connectivity index (χ2v) is 6.27. The van der Waals surface area contributed by atoms with E-state index in [1.165, 1.54) is 18.2 Å². The highest BCUT2D eigenvalue weighted by Gasteiger charge is 2.24. The van der Waals surface area contributed by atoms with E-state index in [0.29, 0.717) is 0 Å². The first-order chi connectivity index (χ1) is 9.11. The van der Waals surface area contributed by atoms with E-state index in [9.17, 15) is 9.59 Å². The Bertz CT molecular complexity index is 582. The molecule has 0 aliphatic carbocycles. The van der Waals surface area contributed by atoms with Crippen LogP contribution < -0.4 is 11.1 Å². The Labute approximate surface area is 134 Å². The van der Waals surface area contributed by atoms with E-state index in [1.54, 1.807) is 0 Å². The lowest BCUT2D eigenvalue weighted by atomic mass is 10.2. The predicted molar refractivity (Wildman–Crippen MR) is 79.6 cm³/mol. The molecule has 9 heteroatoms. The number of carbonyl (C=O) groups excluding carboxylic acids is 1. The number of rotatable bonds is 3. The molecule has 1 aromatic carbocycles. The van der Waals surface area contributed by atoms with Crippen molar-refractivity contribution in [2.45, 2.75) is 3.79 Å². The van der Waals surface area contributed by atoms with Gasteiger partial charge in [0.2, 0.25) is 9.70 Å². The van der Waals surface area contributed by atoms with Crippen molar-refractivity contribution in [3.05, 3.63) is 40.6 Å². The van der Waals surface area contributed by atoms with E-state index < -0.39 is 15.7 Å². The van der Waals surface area contributed by atoms with Crippen LogP contribution in [0.15, 0.2) is 30.0 Å². The number of hydrogen-bond donors (Lipinski definition) is 3. The molecular formula is C11H8Cl4N2O3. The zero-order valence-corrected chi connectivity index (χ0v) is 12.7. The number of amides is 1. The summed E-state index contributed by atoms with van der Waals surface area (Å²) in [6.07, 6.45) is 0.891. The van der Waals surface area contributed by atoms with Crippen LogP contribution in [-0.2, 0) is 4.79 Å². The minimum Gasteiger partial charge on any atom is -0.478 e. The molecule has 0 aliphatic rings. The fraction of sp³-hybridized carbons (Fsp3) is 0.0909. The van der Waals surface area contributed by atoms with E-state index in [1.807, 2.05) is 0 Å². The van der Waals surface area contributed by atoms with Crippen LogP contribution in [0.2, 0.25) is 5.02 Å². The summed E-state index contributed by atoms with van der Waals surface area (Å²) in [7, 11) is 0. The quantitative estimate of drug-likeness (QED) is 0.572. The summed E-state index contributed by atoms with van der Waals surface area (Å²) in [5.41, 5.74) is 5.19. The summed E-state index contributed by atoms with van der Waals surface area (Å²) in [6.45, 7) is 0. The fourth-order valence-electron chi connectivity index (χ4n) is 1.17. The standard InChI is InChI=1S/C11H8Cl4N2O3/c12-7-2-1-5(3-6(7)10(19)20)17-9(18)4-8(16)11(13,14)15/h1-4H,16H2,(H,17,18)(H,19,20). The van der Waals surface area contributed by atoms with Crippen LogP contribution in [0.4, 0.5) is 5.69 Å². The van der Waals surface area contributed by atoms with Crippen LogP contribution in [0.5, 0.6) is 0 Å². The van der Waals surface area contributed by atoms with E-state index in [0.717, 1.165) is 6.08 Å². The molecule has 0 atom stereocenters. The summed E-state index contributed by atoms with van der Waals surface area (Å²) in [6, 6.07) is 3.95. The van der Waals surface area contributed by atoms with Gasteiger partial charge < -0.3 is 16.2 Å². The normalized spacial score (nSPS) is 12.1. The number of carboxylic acids is 1. The fourth-order valence-corrected chi connectivity index (χ4v) is 1.53. The monoisotopic (exact) mass is 356 g/mol. The molecule has 0 saturated carbocycles. The molecule has 0 bridgehead atoms. The number of nitrogens with one attached hydrogen (secondary N) is 1. The molecule has 0 spiro atoms. The van der Waals surface area contributed by atoms with Gasteiger partial charge in [-0.3, -0.25) is 4.79 Å². The SMILES string of the molecule is NC(=CC(=O)Nc1ccc(Cl)c(C(=O)O)c1)C(Cl)(Cl)Cl. The largest absolute Gasteiger partial charge is 0.478 e. The number of halogens is 4. The summed E-state index contributed by atoms with van der Waals surface area (Å²) >= 11 is 22.1. The highest BCUT2D eigenvalue weighted by molar-refractivity contribution is 6.69. The van der Waals surface area contributed by atoms with Gasteiger partial charge in [0.05, 0.1) is 16.3 Å². The topological polar surface area (TPSA) is 92.4 Å². The number of nitrogens with two attached hydrogens (primary N) is 1. The first-order valence-corrected chi connectivity index (χ1v) is 6.50. The lowest BCUT2D eigenvalue weighted by Crippen LogP contribution is -2.19. The van der Waals surface area contributed by atoms with Gasteiger partial charge in [0.15, 0.2) is 0 Å². The van der Waals surface area contributed by atoms with Gasteiger partial charge in [0, 0.05) is 11.8 Å². The van der Waals surface area contributed by atoms with Gasteiger partial charge in [-0.05, 0) is 18.2 Å². The first kappa shape index (κ1) is 16.9. The van der Waals surface area contributed by atoms with Crippen molar-refractivity contribution in [2.75, 3.05) is 5.32 Å². The Hall–Kier alpha value is -1.14. The zero-order valence-electron chi connectivity index (χ0n) is 9.66. The van der Waals surface area contributed by atoms with Crippen molar-refractivity contribution < 1.29 is 14.7 Å². The zero-order chi connectivity index (χ0) is 15.5. The Kier molecular flexibility index (Phi) is 5.53. The van der Waals surface area contributed by atoms with E-state index >= 15 is 0 Å². The summed E-state index contributed by atoms with van der Waals surface area (Å²) < 4.78 is -1.90. The molecule has 0 aliphatic heterocycles. The van der Waals surface area contributed by atoms with E-state index in [-0.39, 0.29) is 22.0 Å². The van der Waals surface area contributed by atoms with Crippen LogP contribution in [0.25, 0.3) is 0 Å². The van der Waals surface area contributed by atoms with Gasteiger partial charge in [-0.1, -0.05) is 46.4 Å². The average molecular weight is 358 g/mol. The molecule has 1 rings (SSSR count). The molecule has 1 amide bonds. The van der Waals surface area contributed by atoms with Crippen molar-refractivity contribution in [3.8, 4) is 0 Å². The highest BCUT2D eigenvalue weighted by atomic mass is 35.6. The number of carboxylic acid groups (broad SMARTS) is 1. The Morgan fingerprint density at radius 1 is 1.30 bits per heavy atom. The molecule has 0 fully saturated rings. The number of aromatic carboxylic acids is 1. The third kappa shape index (κ3) is 4.76. The first-order valence-electron chi connectivity index (χ1n) is 4.99. The molecule has 0 aromatic heterocycles. The van der Waals surface area contributed by atoms with Gasteiger partial charge in [-0.25, -0.2) is 4.79 Å². The summed E-state index contributed by atoms with van der Waals surface area (Å²) in [5, 5.41) is 11.3. The molecule has 108 valence electrons. The minimum atomic E-state index is -1.90. The maximum Gasteiger partial charge on any atom is 0.337 e. The summed E-state index contributed by atoms with van der Waals surface area (Å²) in [5.74, 6) is -1.89. The molecule has 0 saturated heterocycles. The molecular weight excluding hydrogens is 350 g/mol. The van der Waals surface area contributed by atoms with Crippen molar-refractivity contribution in [2.24, 2.45) is 5.73 Å². The Morgan fingerprint density at radius 3 is 2.40 bits per heavy atom. The molecule has 20 heavy (non-hydrogen) atoms. The van der Waals surface area contributed by atoms with Gasteiger partial charge in [0.25, 0.3) is 0 Å². The predicted octanol–water partition coefficient (Wildman–Crippen LogP) is 3.19. The number of anilines is 1. The number of alkyl halides is 3. The lowest BCUT2D eigenvalue weighted by molar-refractivity contribution is -0.112. The third-order valence-electron chi connectivity index (χ3n) is 2.08. The van der Waals surface area contributed by atoms with Gasteiger partial charge >= 0.3 is 5.97 Å². The van der Waals surface area contributed by atoms with Crippen molar-refractivity contribution in [1.29, 1.82) is 0 Å². The van der Waals surface area contributed by atoms with Crippen molar-refractivity contribution in [3.63, 3.8) is 0 Å². The lowest BCUT2D eigenvalue weighted by Gasteiger charge is -2.11. The second kappa shape index (κ2) is 6.54.